The first-order chi connectivity index (χ1) is 13.2. The van der Waals surface area contributed by atoms with E-state index in [2.05, 4.69) is 20.7 Å². The molecule has 2 aliphatic heterocycles. The third-order valence-corrected chi connectivity index (χ3v) is 4.95. The van der Waals surface area contributed by atoms with E-state index in [1.807, 2.05) is 47.4 Å². The SMILES string of the molecule is COC(=O)CCc1ccc(C(=O)CN2C3=NCCN3c3ccccc32)cc1.Cl. The van der Waals surface area contributed by atoms with E-state index in [1.165, 1.54) is 7.11 Å². The first-order valence-corrected chi connectivity index (χ1v) is 9.05. The predicted octanol–water partition coefficient (Wildman–Crippen LogP) is 3.09. The number of anilines is 2. The van der Waals surface area contributed by atoms with E-state index in [-0.39, 0.29) is 30.7 Å². The number of halogens is 1. The van der Waals surface area contributed by atoms with Crippen LogP contribution in [0.3, 0.4) is 0 Å². The number of rotatable bonds is 6. The Bertz CT molecular complexity index is 911. The molecule has 0 atom stereocenters. The molecule has 0 fully saturated rings. The standard InChI is InChI=1S/C21H21N3O3.ClH/c1-27-20(26)11-8-15-6-9-16(10-7-15)19(25)14-24-18-5-3-2-4-17(18)23-13-12-22-21(23)24;/h2-7,9-10H,8,11-14H2,1H3;1H. The molecule has 2 aromatic rings. The van der Waals surface area contributed by atoms with Gasteiger partial charge in [0.15, 0.2) is 5.78 Å². The molecule has 28 heavy (non-hydrogen) atoms. The lowest BCUT2D eigenvalue weighted by Gasteiger charge is -2.18. The molecular weight excluding hydrogens is 378 g/mol. The molecule has 0 N–H and O–H groups in total. The number of hydrogen-bond acceptors (Lipinski definition) is 6. The number of carbonyl (C=O) groups excluding carboxylic acids is 2. The zero-order chi connectivity index (χ0) is 18.8. The van der Waals surface area contributed by atoms with Gasteiger partial charge >= 0.3 is 5.97 Å². The molecule has 0 saturated heterocycles. The lowest BCUT2D eigenvalue weighted by Crippen LogP contribution is -2.38. The van der Waals surface area contributed by atoms with Gasteiger partial charge in [0.1, 0.15) is 0 Å². The minimum absolute atomic E-state index is 0. The highest BCUT2D eigenvalue weighted by Crippen LogP contribution is 2.38. The minimum atomic E-state index is -0.232. The van der Waals surface area contributed by atoms with Crippen molar-refractivity contribution >= 4 is 41.5 Å². The summed E-state index contributed by atoms with van der Waals surface area (Å²) in [5.74, 6) is 0.671. The van der Waals surface area contributed by atoms with E-state index in [0.717, 1.165) is 36.0 Å². The van der Waals surface area contributed by atoms with Crippen LogP contribution in [0.1, 0.15) is 22.3 Å². The zero-order valence-electron chi connectivity index (χ0n) is 15.6. The van der Waals surface area contributed by atoms with E-state index in [9.17, 15) is 9.59 Å². The van der Waals surface area contributed by atoms with Crippen molar-refractivity contribution in [2.75, 3.05) is 36.5 Å². The number of aryl methyl sites for hydroxylation is 1. The van der Waals surface area contributed by atoms with Gasteiger partial charge in [-0.2, -0.15) is 0 Å². The Morgan fingerprint density at radius 2 is 1.79 bits per heavy atom. The molecule has 0 saturated carbocycles. The number of ether oxygens (including phenoxy) is 1. The average Bonchev–Trinajstić information content (AvgIpc) is 3.29. The molecule has 0 radical (unpaired) electrons. The Hall–Kier alpha value is -2.86. The van der Waals surface area contributed by atoms with E-state index in [0.29, 0.717) is 18.4 Å². The fourth-order valence-corrected chi connectivity index (χ4v) is 3.52. The van der Waals surface area contributed by atoms with Crippen LogP contribution in [-0.2, 0) is 16.0 Å². The highest BCUT2D eigenvalue weighted by Gasteiger charge is 2.35. The van der Waals surface area contributed by atoms with Gasteiger partial charge in [-0.05, 0) is 24.1 Å². The Morgan fingerprint density at radius 3 is 2.50 bits per heavy atom. The number of para-hydroxylation sites is 2. The van der Waals surface area contributed by atoms with Crippen LogP contribution in [0.2, 0.25) is 0 Å². The molecule has 0 amide bonds. The van der Waals surface area contributed by atoms with Gasteiger partial charge in [-0.15, -0.1) is 12.4 Å². The second-order valence-corrected chi connectivity index (χ2v) is 6.60. The number of Topliss-reactive ketones (excluding diaryl/α,β-unsaturated/α-hetero) is 1. The minimum Gasteiger partial charge on any atom is -0.469 e. The monoisotopic (exact) mass is 399 g/mol. The first-order valence-electron chi connectivity index (χ1n) is 9.05. The summed E-state index contributed by atoms with van der Waals surface area (Å²) in [6, 6.07) is 15.5. The molecule has 0 unspecified atom stereocenters. The average molecular weight is 400 g/mol. The highest BCUT2D eigenvalue weighted by molar-refractivity contribution is 6.19. The molecule has 2 aliphatic rings. The summed E-state index contributed by atoms with van der Waals surface area (Å²) >= 11 is 0. The number of carbonyl (C=O) groups is 2. The fourth-order valence-electron chi connectivity index (χ4n) is 3.52. The number of fused-ring (bicyclic) bond motifs is 3. The second kappa shape index (κ2) is 8.44. The summed E-state index contributed by atoms with van der Waals surface area (Å²) in [5.41, 5.74) is 3.81. The van der Waals surface area contributed by atoms with E-state index in [1.54, 1.807) is 0 Å². The summed E-state index contributed by atoms with van der Waals surface area (Å²) in [5, 5.41) is 0. The topological polar surface area (TPSA) is 62.2 Å². The molecule has 7 heteroatoms. The Kier molecular flexibility index (Phi) is 5.99. The third kappa shape index (κ3) is 3.73. The molecule has 146 valence electrons. The van der Waals surface area contributed by atoms with Crippen molar-refractivity contribution in [1.29, 1.82) is 0 Å². The van der Waals surface area contributed by atoms with E-state index >= 15 is 0 Å². The molecule has 6 nitrogen and oxygen atoms in total. The van der Waals surface area contributed by atoms with Crippen LogP contribution in [0, 0.1) is 0 Å². The number of esters is 1. The van der Waals surface area contributed by atoms with Crippen LogP contribution in [0.25, 0.3) is 0 Å². The van der Waals surface area contributed by atoms with Crippen LogP contribution in [0.4, 0.5) is 11.4 Å². The van der Waals surface area contributed by atoms with E-state index < -0.39 is 0 Å². The summed E-state index contributed by atoms with van der Waals surface area (Å²) in [4.78, 5) is 32.8. The molecule has 0 aliphatic carbocycles. The normalized spacial score (nSPS) is 14.1. The second-order valence-electron chi connectivity index (χ2n) is 6.60. The van der Waals surface area contributed by atoms with Crippen LogP contribution in [0.5, 0.6) is 0 Å². The number of hydrogen-bond donors (Lipinski definition) is 0. The van der Waals surface area contributed by atoms with Crippen LogP contribution < -0.4 is 9.80 Å². The maximum atomic E-state index is 12.8. The summed E-state index contributed by atoms with van der Waals surface area (Å²) in [6.45, 7) is 1.86. The third-order valence-electron chi connectivity index (χ3n) is 4.95. The molecule has 0 aromatic heterocycles. The predicted molar refractivity (Wildman–Crippen MR) is 112 cm³/mol. The van der Waals surface area contributed by atoms with E-state index in [4.69, 9.17) is 0 Å². The summed E-state index contributed by atoms with van der Waals surface area (Å²) in [7, 11) is 1.39. The number of benzene rings is 2. The van der Waals surface area contributed by atoms with Crippen molar-refractivity contribution in [1.82, 2.24) is 0 Å². The van der Waals surface area contributed by atoms with Crippen LogP contribution >= 0.6 is 12.4 Å². The number of guanidine groups is 1. The van der Waals surface area contributed by atoms with Gasteiger partial charge in [-0.1, -0.05) is 36.4 Å². The van der Waals surface area contributed by atoms with Crippen molar-refractivity contribution in [3.63, 3.8) is 0 Å². The van der Waals surface area contributed by atoms with Crippen LogP contribution in [-0.4, -0.2) is 44.5 Å². The summed E-state index contributed by atoms with van der Waals surface area (Å²) in [6.07, 6.45) is 0.941. The van der Waals surface area contributed by atoms with Crippen molar-refractivity contribution in [3.05, 3.63) is 59.7 Å². The lowest BCUT2D eigenvalue weighted by molar-refractivity contribution is -0.140. The maximum Gasteiger partial charge on any atom is 0.305 e. The lowest BCUT2D eigenvalue weighted by atomic mass is 10.0. The van der Waals surface area contributed by atoms with Gasteiger partial charge in [0.05, 0.1) is 31.6 Å². The fraction of sp³-hybridized carbons (Fsp3) is 0.286. The Balaban J connectivity index is 0.00000225. The van der Waals surface area contributed by atoms with Gasteiger partial charge in [0.2, 0.25) is 5.96 Å². The molecule has 2 aromatic carbocycles. The zero-order valence-corrected chi connectivity index (χ0v) is 16.4. The number of aliphatic imine (C=N–C) groups is 1. The molecular formula is C21H22ClN3O3. The first kappa shape index (κ1) is 19.9. The number of ketones is 1. The smallest absolute Gasteiger partial charge is 0.305 e. The number of methoxy groups -OCH3 is 1. The molecule has 0 spiro atoms. The maximum absolute atomic E-state index is 12.8. The van der Waals surface area contributed by atoms with Crippen molar-refractivity contribution < 1.29 is 14.3 Å². The molecule has 4 rings (SSSR count). The largest absolute Gasteiger partial charge is 0.469 e. The van der Waals surface area contributed by atoms with Gasteiger partial charge in [0, 0.05) is 18.5 Å². The van der Waals surface area contributed by atoms with Gasteiger partial charge in [-0.25, -0.2) is 0 Å². The van der Waals surface area contributed by atoms with Gasteiger partial charge < -0.3 is 14.5 Å². The quantitative estimate of drug-likeness (QED) is 0.551. The molecule has 2 heterocycles. The van der Waals surface area contributed by atoms with Gasteiger partial charge in [0.25, 0.3) is 0 Å². The highest BCUT2D eigenvalue weighted by atomic mass is 35.5. The molecule has 0 bridgehead atoms. The van der Waals surface area contributed by atoms with Crippen molar-refractivity contribution in [2.45, 2.75) is 12.8 Å². The van der Waals surface area contributed by atoms with Crippen molar-refractivity contribution in [3.8, 4) is 0 Å². The Morgan fingerprint density at radius 1 is 1.07 bits per heavy atom. The van der Waals surface area contributed by atoms with Gasteiger partial charge in [-0.3, -0.25) is 14.6 Å². The summed E-state index contributed by atoms with van der Waals surface area (Å²) < 4.78 is 4.66. The van der Waals surface area contributed by atoms with Crippen LogP contribution in [0.15, 0.2) is 53.5 Å². The number of nitrogens with zero attached hydrogens (tertiary/aromatic N) is 3. The Labute approximate surface area is 170 Å². The van der Waals surface area contributed by atoms with Crippen molar-refractivity contribution in [2.24, 2.45) is 4.99 Å².